The van der Waals surface area contributed by atoms with Crippen LogP contribution in [0.2, 0.25) is 5.15 Å². The van der Waals surface area contributed by atoms with Gasteiger partial charge in [-0.2, -0.15) is 11.8 Å². The molecule has 0 amide bonds. The molecule has 1 aromatic heterocycles. The number of rotatable bonds is 8. The molecule has 0 aliphatic heterocycles. The molecule has 4 heteroatoms. The number of thioether (sulfide) groups is 1. The molecule has 1 heterocycles. The second-order valence-corrected chi connectivity index (χ2v) is 5.32. The van der Waals surface area contributed by atoms with Gasteiger partial charge in [0.2, 0.25) is 0 Å². The van der Waals surface area contributed by atoms with E-state index in [1.807, 2.05) is 30.1 Å². The van der Waals surface area contributed by atoms with E-state index in [1.165, 1.54) is 23.5 Å². The first kappa shape index (κ1) is 13.8. The zero-order valence-corrected chi connectivity index (χ0v) is 11.3. The van der Waals surface area contributed by atoms with Gasteiger partial charge in [-0.15, -0.1) is 0 Å². The number of nitrogens with zero attached hydrogens (tertiary/aromatic N) is 1. The molecule has 0 atom stereocenters. The molecular weight excluding hydrogens is 240 g/mol. The predicted molar refractivity (Wildman–Crippen MR) is 73.4 cm³/mol. The molecule has 0 unspecified atom stereocenters. The minimum absolute atomic E-state index is 0.563. The van der Waals surface area contributed by atoms with Crippen molar-refractivity contribution in [1.82, 2.24) is 10.3 Å². The fourth-order valence-corrected chi connectivity index (χ4v) is 2.10. The molecule has 0 aliphatic carbocycles. The van der Waals surface area contributed by atoms with Crippen LogP contribution in [0.1, 0.15) is 18.9 Å². The quantitative estimate of drug-likeness (QED) is 0.573. The third-order valence-corrected chi connectivity index (χ3v) is 3.43. The van der Waals surface area contributed by atoms with Crippen LogP contribution in [0.4, 0.5) is 0 Å². The van der Waals surface area contributed by atoms with Gasteiger partial charge in [0.05, 0.1) is 0 Å². The molecule has 0 saturated carbocycles. The van der Waals surface area contributed by atoms with Crippen molar-refractivity contribution in [2.75, 3.05) is 24.6 Å². The second-order valence-electron chi connectivity index (χ2n) is 3.54. The van der Waals surface area contributed by atoms with E-state index in [2.05, 4.69) is 17.2 Å². The van der Waals surface area contributed by atoms with E-state index in [0.29, 0.717) is 5.15 Å². The number of pyridine rings is 1. The van der Waals surface area contributed by atoms with E-state index < -0.39 is 0 Å². The van der Waals surface area contributed by atoms with Crippen molar-refractivity contribution in [3.63, 3.8) is 0 Å². The zero-order chi connectivity index (χ0) is 11.6. The molecule has 0 aromatic carbocycles. The Kier molecular flexibility index (Phi) is 7.64. The fraction of sp³-hybridized carbons (Fsp3) is 0.583. The summed E-state index contributed by atoms with van der Waals surface area (Å²) in [4.78, 5) is 4.05. The van der Waals surface area contributed by atoms with Gasteiger partial charge in [-0.25, -0.2) is 4.98 Å². The van der Waals surface area contributed by atoms with Crippen LogP contribution in [0.25, 0.3) is 0 Å². The van der Waals surface area contributed by atoms with Crippen molar-refractivity contribution in [3.05, 3.63) is 29.0 Å². The van der Waals surface area contributed by atoms with Gasteiger partial charge in [-0.1, -0.05) is 24.6 Å². The Morgan fingerprint density at radius 1 is 1.38 bits per heavy atom. The van der Waals surface area contributed by atoms with Gasteiger partial charge in [0.1, 0.15) is 5.15 Å². The molecule has 1 aromatic rings. The summed E-state index contributed by atoms with van der Waals surface area (Å²) in [5.74, 6) is 2.47. The normalized spacial score (nSPS) is 10.6. The highest BCUT2D eigenvalue weighted by molar-refractivity contribution is 7.99. The molecule has 0 aliphatic rings. The van der Waals surface area contributed by atoms with Gasteiger partial charge in [-0.05, 0) is 49.1 Å². The van der Waals surface area contributed by atoms with E-state index in [-0.39, 0.29) is 0 Å². The van der Waals surface area contributed by atoms with Crippen molar-refractivity contribution in [3.8, 4) is 0 Å². The third-order valence-electron chi connectivity index (χ3n) is 2.23. The van der Waals surface area contributed by atoms with Crippen LogP contribution < -0.4 is 5.32 Å². The molecular formula is C12H19ClN2S. The predicted octanol–water partition coefficient (Wildman–Crippen LogP) is 3.01. The van der Waals surface area contributed by atoms with E-state index >= 15 is 0 Å². The highest BCUT2D eigenvalue weighted by Crippen LogP contribution is 2.05. The summed E-state index contributed by atoms with van der Waals surface area (Å²) in [5, 5.41) is 4.00. The average molecular weight is 259 g/mol. The van der Waals surface area contributed by atoms with E-state index in [4.69, 9.17) is 11.6 Å². The van der Waals surface area contributed by atoms with Crippen molar-refractivity contribution >= 4 is 23.4 Å². The van der Waals surface area contributed by atoms with Gasteiger partial charge >= 0.3 is 0 Å². The minimum Gasteiger partial charge on any atom is -0.316 e. The highest BCUT2D eigenvalue weighted by atomic mass is 35.5. The Morgan fingerprint density at radius 2 is 2.25 bits per heavy atom. The molecule has 1 rings (SSSR count). The second kappa shape index (κ2) is 8.85. The molecule has 16 heavy (non-hydrogen) atoms. The lowest BCUT2D eigenvalue weighted by Crippen LogP contribution is -2.19. The molecule has 0 spiro atoms. The summed E-state index contributed by atoms with van der Waals surface area (Å²) in [6.45, 7) is 4.32. The fourth-order valence-electron chi connectivity index (χ4n) is 1.36. The van der Waals surface area contributed by atoms with Crippen molar-refractivity contribution in [1.29, 1.82) is 0 Å². The summed E-state index contributed by atoms with van der Waals surface area (Å²) >= 11 is 7.71. The van der Waals surface area contributed by atoms with Gasteiger partial charge in [0.15, 0.2) is 0 Å². The lowest BCUT2D eigenvalue weighted by atomic mass is 10.2. The number of aromatic nitrogens is 1. The van der Waals surface area contributed by atoms with Crippen molar-refractivity contribution in [2.24, 2.45) is 0 Å². The SMILES string of the molecule is CCSCCCNCCc1ccc(Cl)nc1. The Balaban J connectivity index is 2.01. The topological polar surface area (TPSA) is 24.9 Å². The lowest BCUT2D eigenvalue weighted by molar-refractivity contribution is 0.673. The average Bonchev–Trinajstić information content (AvgIpc) is 2.30. The van der Waals surface area contributed by atoms with Gasteiger partial charge < -0.3 is 5.32 Å². The van der Waals surface area contributed by atoms with E-state index in [0.717, 1.165) is 19.5 Å². The molecule has 1 N–H and O–H groups in total. The Hall–Kier alpha value is -0.250. The third kappa shape index (κ3) is 6.36. The summed E-state index contributed by atoms with van der Waals surface area (Å²) < 4.78 is 0. The van der Waals surface area contributed by atoms with Crippen LogP contribution in [0.15, 0.2) is 18.3 Å². The van der Waals surface area contributed by atoms with Crippen LogP contribution in [-0.2, 0) is 6.42 Å². The molecule has 0 bridgehead atoms. The molecule has 0 radical (unpaired) electrons. The van der Waals surface area contributed by atoms with Gasteiger partial charge in [-0.3, -0.25) is 0 Å². The number of nitrogens with one attached hydrogen (secondary N) is 1. The number of hydrogen-bond donors (Lipinski definition) is 1. The standard InChI is InChI=1S/C12H19ClN2S/c1-2-16-9-3-7-14-8-6-11-4-5-12(13)15-10-11/h4-5,10,14H,2-3,6-9H2,1H3. The molecule has 0 saturated heterocycles. The maximum Gasteiger partial charge on any atom is 0.129 e. The summed E-state index contributed by atoms with van der Waals surface area (Å²) in [6.07, 6.45) is 4.11. The number of hydrogen-bond acceptors (Lipinski definition) is 3. The maximum atomic E-state index is 5.71. The van der Waals surface area contributed by atoms with Crippen LogP contribution in [0.5, 0.6) is 0 Å². The Labute approximate surface area is 107 Å². The smallest absolute Gasteiger partial charge is 0.129 e. The highest BCUT2D eigenvalue weighted by Gasteiger charge is 1.94. The first-order chi connectivity index (χ1) is 7.83. The Morgan fingerprint density at radius 3 is 2.94 bits per heavy atom. The van der Waals surface area contributed by atoms with Gasteiger partial charge in [0.25, 0.3) is 0 Å². The van der Waals surface area contributed by atoms with E-state index in [9.17, 15) is 0 Å². The monoisotopic (exact) mass is 258 g/mol. The summed E-state index contributed by atoms with van der Waals surface area (Å²) in [7, 11) is 0. The van der Waals surface area contributed by atoms with E-state index in [1.54, 1.807) is 0 Å². The maximum absolute atomic E-state index is 5.71. The minimum atomic E-state index is 0.563. The van der Waals surface area contributed by atoms with Gasteiger partial charge in [0, 0.05) is 6.20 Å². The van der Waals surface area contributed by atoms with Crippen molar-refractivity contribution < 1.29 is 0 Å². The Bertz CT molecular complexity index is 277. The summed E-state index contributed by atoms with van der Waals surface area (Å²) in [5.41, 5.74) is 1.24. The zero-order valence-electron chi connectivity index (χ0n) is 9.71. The van der Waals surface area contributed by atoms with Crippen LogP contribution >= 0.6 is 23.4 Å². The lowest BCUT2D eigenvalue weighted by Gasteiger charge is -2.04. The molecule has 0 fully saturated rings. The largest absolute Gasteiger partial charge is 0.316 e. The summed E-state index contributed by atoms with van der Waals surface area (Å²) in [6, 6.07) is 3.87. The first-order valence-corrected chi connectivity index (χ1v) is 7.25. The van der Waals surface area contributed by atoms with Crippen molar-refractivity contribution in [2.45, 2.75) is 19.8 Å². The van der Waals surface area contributed by atoms with Crippen LogP contribution in [0.3, 0.4) is 0 Å². The number of halogens is 1. The van der Waals surface area contributed by atoms with Crippen LogP contribution in [-0.4, -0.2) is 29.6 Å². The molecule has 2 nitrogen and oxygen atoms in total. The first-order valence-electron chi connectivity index (χ1n) is 5.72. The molecule has 90 valence electrons. The van der Waals surface area contributed by atoms with Crippen LogP contribution in [0, 0.1) is 0 Å².